The zero-order valence-corrected chi connectivity index (χ0v) is 10.4. The fourth-order valence-corrected chi connectivity index (χ4v) is 1.71. The zero-order chi connectivity index (χ0) is 11.3. The Morgan fingerprint density at radius 1 is 1.53 bits per heavy atom. The summed E-state index contributed by atoms with van der Waals surface area (Å²) in [6.07, 6.45) is 0.339. The molecule has 0 saturated heterocycles. The summed E-state index contributed by atoms with van der Waals surface area (Å²) in [4.78, 5) is 10.5. The first-order valence-electron chi connectivity index (χ1n) is 4.52. The van der Waals surface area contributed by atoms with Crippen molar-refractivity contribution in [2.75, 3.05) is 6.54 Å². The third-order valence-electron chi connectivity index (χ3n) is 1.87. The average Bonchev–Trinajstić information content (AvgIpc) is 2.17. The van der Waals surface area contributed by atoms with E-state index in [9.17, 15) is 4.79 Å². The Labute approximate surface area is 102 Å². The number of carbonyl (C=O) groups excluding carboxylic acids is 1. The Bertz CT molecular complexity index is 357. The molecular formula is C10H12BrClN2O. The van der Waals surface area contributed by atoms with E-state index in [2.05, 4.69) is 21.2 Å². The Balaban J connectivity index is 2.43. The van der Waals surface area contributed by atoms with Crippen LogP contribution >= 0.6 is 27.5 Å². The molecule has 0 bridgehead atoms. The van der Waals surface area contributed by atoms with Crippen LogP contribution in [-0.2, 0) is 11.3 Å². The van der Waals surface area contributed by atoms with Gasteiger partial charge in [0.05, 0.1) is 0 Å². The van der Waals surface area contributed by atoms with Gasteiger partial charge >= 0.3 is 0 Å². The number of amides is 1. The quantitative estimate of drug-likeness (QED) is 0.816. The van der Waals surface area contributed by atoms with E-state index in [0.717, 1.165) is 10.0 Å². The van der Waals surface area contributed by atoms with E-state index in [1.165, 1.54) is 0 Å². The molecule has 1 aromatic carbocycles. The summed E-state index contributed by atoms with van der Waals surface area (Å²) in [5, 5.41) is 3.81. The van der Waals surface area contributed by atoms with Gasteiger partial charge in [-0.3, -0.25) is 4.79 Å². The SMILES string of the molecule is NC(=O)CCNCc1cc(Br)ccc1Cl. The highest BCUT2D eigenvalue weighted by Crippen LogP contribution is 2.20. The smallest absolute Gasteiger partial charge is 0.218 e. The first-order valence-corrected chi connectivity index (χ1v) is 5.69. The first-order chi connectivity index (χ1) is 7.09. The second-order valence-electron chi connectivity index (χ2n) is 3.13. The molecular weight excluding hydrogens is 279 g/mol. The predicted octanol–water partition coefficient (Wildman–Crippen LogP) is 2.07. The number of rotatable bonds is 5. The molecule has 0 aliphatic rings. The number of carbonyl (C=O) groups is 1. The van der Waals surface area contributed by atoms with E-state index in [1.807, 2.05) is 18.2 Å². The second-order valence-corrected chi connectivity index (χ2v) is 4.45. The molecule has 0 heterocycles. The van der Waals surface area contributed by atoms with Crippen molar-refractivity contribution in [1.29, 1.82) is 0 Å². The minimum atomic E-state index is -0.303. The average molecular weight is 292 g/mol. The molecule has 3 nitrogen and oxygen atoms in total. The maximum atomic E-state index is 10.5. The van der Waals surface area contributed by atoms with Gasteiger partial charge in [0.1, 0.15) is 0 Å². The third kappa shape index (κ3) is 4.64. The van der Waals surface area contributed by atoms with Gasteiger partial charge < -0.3 is 11.1 Å². The molecule has 0 fully saturated rings. The number of benzene rings is 1. The number of nitrogens with two attached hydrogens (primary N) is 1. The van der Waals surface area contributed by atoms with Crippen LogP contribution in [0.15, 0.2) is 22.7 Å². The summed E-state index contributed by atoms with van der Waals surface area (Å²) in [7, 11) is 0. The lowest BCUT2D eigenvalue weighted by Gasteiger charge is -2.06. The first kappa shape index (κ1) is 12.5. The molecule has 1 rings (SSSR count). The van der Waals surface area contributed by atoms with Crippen molar-refractivity contribution >= 4 is 33.4 Å². The molecule has 0 saturated carbocycles. The lowest BCUT2D eigenvalue weighted by molar-refractivity contribution is -0.117. The summed E-state index contributed by atoms with van der Waals surface area (Å²) in [5.74, 6) is -0.303. The molecule has 0 aromatic heterocycles. The lowest BCUT2D eigenvalue weighted by atomic mass is 10.2. The number of hydrogen-bond donors (Lipinski definition) is 2. The van der Waals surface area contributed by atoms with E-state index in [0.29, 0.717) is 24.5 Å². The summed E-state index contributed by atoms with van der Waals surface area (Å²) in [5.41, 5.74) is 6.01. The van der Waals surface area contributed by atoms with Gasteiger partial charge in [-0.2, -0.15) is 0 Å². The lowest BCUT2D eigenvalue weighted by Crippen LogP contribution is -2.21. The van der Waals surface area contributed by atoms with Crippen LogP contribution in [0.3, 0.4) is 0 Å². The summed E-state index contributed by atoms with van der Waals surface area (Å²) in [6.45, 7) is 1.20. The Morgan fingerprint density at radius 3 is 2.93 bits per heavy atom. The molecule has 5 heteroatoms. The van der Waals surface area contributed by atoms with Crippen LogP contribution in [0.1, 0.15) is 12.0 Å². The van der Waals surface area contributed by atoms with Crippen molar-refractivity contribution in [3.05, 3.63) is 33.3 Å². The highest BCUT2D eigenvalue weighted by Gasteiger charge is 2.01. The van der Waals surface area contributed by atoms with E-state index >= 15 is 0 Å². The minimum absolute atomic E-state index is 0.303. The van der Waals surface area contributed by atoms with Crippen LogP contribution in [0.2, 0.25) is 5.02 Å². The molecule has 82 valence electrons. The number of halogens is 2. The van der Waals surface area contributed by atoms with Crippen molar-refractivity contribution in [3.63, 3.8) is 0 Å². The summed E-state index contributed by atoms with van der Waals surface area (Å²) < 4.78 is 0.985. The zero-order valence-electron chi connectivity index (χ0n) is 8.09. The van der Waals surface area contributed by atoms with E-state index in [-0.39, 0.29) is 5.91 Å². The largest absolute Gasteiger partial charge is 0.370 e. The normalized spacial score (nSPS) is 10.3. The van der Waals surface area contributed by atoms with Gasteiger partial charge in [-0.1, -0.05) is 27.5 Å². The molecule has 3 N–H and O–H groups in total. The highest BCUT2D eigenvalue weighted by molar-refractivity contribution is 9.10. The van der Waals surface area contributed by atoms with Gasteiger partial charge in [-0.25, -0.2) is 0 Å². The van der Waals surface area contributed by atoms with Gasteiger partial charge in [0.25, 0.3) is 0 Å². The molecule has 0 unspecified atom stereocenters. The predicted molar refractivity (Wildman–Crippen MR) is 64.7 cm³/mol. The summed E-state index contributed by atoms with van der Waals surface area (Å²) in [6, 6.07) is 5.66. The molecule has 0 atom stereocenters. The Morgan fingerprint density at radius 2 is 2.27 bits per heavy atom. The molecule has 0 aliphatic carbocycles. The summed E-state index contributed by atoms with van der Waals surface area (Å²) >= 11 is 9.35. The van der Waals surface area contributed by atoms with Gasteiger partial charge in [0.15, 0.2) is 0 Å². The molecule has 15 heavy (non-hydrogen) atoms. The number of nitrogens with one attached hydrogen (secondary N) is 1. The van der Waals surface area contributed by atoms with Gasteiger partial charge in [0, 0.05) is 29.0 Å². The Hall–Kier alpha value is -0.580. The second kappa shape index (κ2) is 6.10. The Kier molecular flexibility index (Phi) is 5.08. The van der Waals surface area contributed by atoms with Crippen molar-refractivity contribution in [1.82, 2.24) is 5.32 Å². The highest BCUT2D eigenvalue weighted by atomic mass is 79.9. The van der Waals surface area contributed by atoms with Crippen LogP contribution in [0.25, 0.3) is 0 Å². The van der Waals surface area contributed by atoms with E-state index in [4.69, 9.17) is 17.3 Å². The molecule has 0 radical (unpaired) electrons. The molecule has 1 aromatic rings. The van der Waals surface area contributed by atoms with Crippen molar-refractivity contribution in [2.24, 2.45) is 5.73 Å². The van der Waals surface area contributed by atoms with Crippen LogP contribution < -0.4 is 11.1 Å². The number of primary amides is 1. The van der Waals surface area contributed by atoms with Crippen LogP contribution in [0, 0.1) is 0 Å². The molecule has 1 amide bonds. The van der Waals surface area contributed by atoms with Crippen LogP contribution in [0.5, 0.6) is 0 Å². The third-order valence-corrected chi connectivity index (χ3v) is 2.73. The van der Waals surface area contributed by atoms with Gasteiger partial charge in [-0.05, 0) is 23.8 Å². The van der Waals surface area contributed by atoms with Crippen LogP contribution in [0.4, 0.5) is 0 Å². The van der Waals surface area contributed by atoms with E-state index < -0.39 is 0 Å². The standard InChI is InChI=1S/C10H12BrClN2O/c11-8-1-2-9(12)7(5-8)6-14-4-3-10(13)15/h1-2,5,14H,3-4,6H2,(H2,13,15). The monoisotopic (exact) mass is 290 g/mol. The maximum Gasteiger partial charge on any atom is 0.218 e. The fraction of sp³-hybridized carbons (Fsp3) is 0.300. The van der Waals surface area contributed by atoms with Gasteiger partial charge in [0.2, 0.25) is 5.91 Å². The van der Waals surface area contributed by atoms with E-state index in [1.54, 1.807) is 0 Å². The van der Waals surface area contributed by atoms with Crippen molar-refractivity contribution in [2.45, 2.75) is 13.0 Å². The molecule has 0 spiro atoms. The van der Waals surface area contributed by atoms with Crippen LogP contribution in [-0.4, -0.2) is 12.5 Å². The fourth-order valence-electron chi connectivity index (χ4n) is 1.11. The maximum absolute atomic E-state index is 10.5. The van der Waals surface area contributed by atoms with Gasteiger partial charge in [-0.15, -0.1) is 0 Å². The molecule has 0 aliphatic heterocycles. The van der Waals surface area contributed by atoms with Crippen molar-refractivity contribution < 1.29 is 4.79 Å². The minimum Gasteiger partial charge on any atom is -0.370 e. The van der Waals surface area contributed by atoms with Crippen molar-refractivity contribution in [3.8, 4) is 0 Å². The topological polar surface area (TPSA) is 55.1 Å². The number of hydrogen-bond acceptors (Lipinski definition) is 2.